The topological polar surface area (TPSA) is 64.1 Å². The molecule has 0 unspecified atom stereocenters. The van der Waals surface area contributed by atoms with Crippen LogP contribution >= 0.6 is 11.6 Å². The molecule has 110 valence electrons. The number of aromatic nitrogens is 2. The molecule has 1 heterocycles. The van der Waals surface area contributed by atoms with Gasteiger partial charge in [-0.1, -0.05) is 17.7 Å². The van der Waals surface area contributed by atoms with E-state index in [0.717, 1.165) is 12.1 Å². The van der Waals surface area contributed by atoms with Crippen molar-refractivity contribution < 1.29 is 22.7 Å². The summed E-state index contributed by atoms with van der Waals surface area (Å²) in [7, 11) is 0. The first-order chi connectivity index (χ1) is 9.83. The molecule has 0 saturated heterocycles. The molecule has 5 nitrogen and oxygen atoms in total. The molecule has 1 N–H and O–H groups in total. The first-order valence-electron chi connectivity index (χ1n) is 5.50. The number of halogens is 4. The highest BCUT2D eigenvalue weighted by Gasteiger charge is 2.31. The summed E-state index contributed by atoms with van der Waals surface area (Å²) in [5.41, 5.74) is 0.0973. The average Bonchev–Trinajstić information content (AvgIpc) is 2.37. The van der Waals surface area contributed by atoms with E-state index in [2.05, 4.69) is 20.3 Å². The Morgan fingerprint density at radius 3 is 2.57 bits per heavy atom. The van der Waals surface area contributed by atoms with Gasteiger partial charge in [-0.2, -0.15) is 0 Å². The SMILES string of the molecule is O=C(Nc1cccc(OC(F)(F)F)c1)c1ccc(Cl)nn1. The van der Waals surface area contributed by atoms with E-state index in [-0.39, 0.29) is 16.5 Å². The van der Waals surface area contributed by atoms with E-state index in [1.807, 2.05) is 0 Å². The third-order valence-corrected chi connectivity index (χ3v) is 2.39. The Bertz CT molecular complexity index is 647. The maximum atomic E-state index is 12.1. The van der Waals surface area contributed by atoms with Crippen molar-refractivity contribution in [3.8, 4) is 5.75 Å². The van der Waals surface area contributed by atoms with Gasteiger partial charge in [-0.05, 0) is 24.3 Å². The van der Waals surface area contributed by atoms with Gasteiger partial charge in [-0.25, -0.2) is 0 Å². The van der Waals surface area contributed by atoms with E-state index < -0.39 is 18.0 Å². The van der Waals surface area contributed by atoms with Crippen LogP contribution < -0.4 is 10.1 Å². The monoisotopic (exact) mass is 317 g/mol. The number of carbonyl (C=O) groups is 1. The highest BCUT2D eigenvalue weighted by Crippen LogP contribution is 2.25. The van der Waals surface area contributed by atoms with Crippen LogP contribution in [0.3, 0.4) is 0 Å². The zero-order valence-electron chi connectivity index (χ0n) is 10.2. The Kier molecular flexibility index (Phi) is 4.27. The third-order valence-electron chi connectivity index (χ3n) is 2.19. The summed E-state index contributed by atoms with van der Waals surface area (Å²) in [6, 6.07) is 7.57. The first-order valence-corrected chi connectivity index (χ1v) is 5.88. The number of nitrogens with one attached hydrogen (secondary N) is 1. The number of hydrogen-bond donors (Lipinski definition) is 1. The summed E-state index contributed by atoms with van der Waals surface area (Å²) in [6.07, 6.45) is -4.80. The standard InChI is InChI=1S/C12H7ClF3N3O2/c13-10-5-4-9(18-19-10)11(20)17-7-2-1-3-8(6-7)21-12(14,15)16/h1-6H,(H,17,20). The summed E-state index contributed by atoms with van der Waals surface area (Å²) in [5.74, 6) is -1.08. The summed E-state index contributed by atoms with van der Waals surface area (Å²) < 4.78 is 40.0. The van der Waals surface area contributed by atoms with Gasteiger partial charge in [0.2, 0.25) is 0 Å². The largest absolute Gasteiger partial charge is 0.573 e. The van der Waals surface area contributed by atoms with Crippen LogP contribution in [0.1, 0.15) is 10.5 Å². The van der Waals surface area contributed by atoms with Gasteiger partial charge in [0.15, 0.2) is 10.8 Å². The summed E-state index contributed by atoms with van der Waals surface area (Å²) in [4.78, 5) is 11.8. The molecule has 1 amide bonds. The normalized spacial score (nSPS) is 11.0. The second-order valence-corrected chi connectivity index (χ2v) is 4.16. The van der Waals surface area contributed by atoms with Crippen LogP contribution in [0.4, 0.5) is 18.9 Å². The van der Waals surface area contributed by atoms with Gasteiger partial charge in [0.05, 0.1) is 0 Å². The fraction of sp³-hybridized carbons (Fsp3) is 0.0833. The van der Waals surface area contributed by atoms with Crippen molar-refractivity contribution in [2.75, 3.05) is 5.32 Å². The van der Waals surface area contributed by atoms with Crippen molar-refractivity contribution >= 4 is 23.2 Å². The molecule has 0 aliphatic carbocycles. The van der Waals surface area contributed by atoms with E-state index in [9.17, 15) is 18.0 Å². The van der Waals surface area contributed by atoms with E-state index >= 15 is 0 Å². The summed E-state index contributed by atoms with van der Waals surface area (Å²) in [6.45, 7) is 0. The number of rotatable bonds is 3. The fourth-order valence-corrected chi connectivity index (χ4v) is 1.50. The highest BCUT2D eigenvalue weighted by molar-refractivity contribution is 6.29. The lowest BCUT2D eigenvalue weighted by Gasteiger charge is -2.10. The number of anilines is 1. The van der Waals surface area contributed by atoms with Crippen molar-refractivity contribution in [1.82, 2.24) is 10.2 Å². The van der Waals surface area contributed by atoms with Crippen LogP contribution in [-0.2, 0) is 0 Å². The average molecular weight is 318 g/mol. The van der Waals surface area contributed by atoms with Gasteiger partial charge in [-0.3, -0.25) is 4.79 Å². The van der Waals surface area contributed by atoms with Gasteiger partial charge in [0.1, 0.15) is 5.75 Å². The lowest BCUT2D eigenvalue weighted by molar-refractivity contribution is -0.274. The van der Waals surface area contributed by atoms with Crippen LogP contribution in [0.25, 0.3) is 0 Å². The fourth-order valence-electron chi connectivity index (χ4n) is 1.40. The van der Waals surface area contributed by atoms with Crippen LogP contribution in [-0.4, -0.2) is 22.5 Å². The molecule has 0 fully saturated rings. The molecule has 2 aromatic rings. The van der Waals surface area contributed by atoms with Crippen molar-refractivity contribution in [3.63, 3.8) is 0 Å². The Hall–Kier alpha value is -2.35. The second kappa shape index (κ2) is 5.96. The van der Waals surface area contributed by atoms with Gasteiger partial charge in [-0.15, -0.1) is 23.4 Å². The van der Waals surface area contributed by atoms with E-state index in [0.29, 0.717) is 0 Å². The van der Waals surface area contributed by atoms with Crippen LogP contribution in [0.5, 0.6) is 5.75 Å². The number of carbonyl (C=O) groups excluding carboxylic acids is 1. The molecule has 0 atom stereocenters. The maximum absolute atomic E-state index is 12.1. The second-order valence-electron chi connectivity index (χ2n) is 3.77. The number of ether oxygens (including phenoxy) is 1. The highest BCUT2D eigenvalue weighted by atomic mass is 35.5. The molecular weight excluding hydrogens is 311 g/mol. The molecule has 0 bridgehead atoms. The lowest BCUT2D eigenvalue weighted by Crippen LogP contribution is -2.18. The number of alkyl halides is 3. The number of amides is 1. The van der Waals surface area contributed by atoms with Gasteiger partial charge in [0, 0.05) is 11.8 Å². The molecular formula is C12H7ClF3N3O2. The van der Waals surface area contributed by atoms with Crippen molar-refractivity contribution in [1.29, 1.82) is 0 Å². The molecule has 2 rings (SSSR count). The minimum atomic E-state index is -4.80. The molecule has 1 aromatic carbocycles. The van der Waals surface area contributed by atoms with E-state index in [1.54, 1.807) is 0 Å². The minimum Gasteiger partial charge on any atom is -0.406 e. The molecule has 9 heteroatoms. The molecule has 21 heavy (non-hydrogen) atoms. The van der Waals surface area contributed by atoms with Crippen LogP contribution in [0.15, 0.2) is 36.4 Å². The molecule has 0 aliphatic rings. The minimum absolute atomic E-state index is 0.0263. The van der Waals surface area contributed by atoms with Crippen molar-refractivity contribution in [2.24, 2.45) is 0 Å². The van der Waals surface area contributed by atoms with Crippen LogP contribution in [0, 0.1) is 0 Å². The predicted molar refractivity (Wildman–Crippen MR) is 68.1 cm³/mol. The van der Waals surface area contributed by atoms with E-state index in [4.69, 9.17) is 11.6 Å². The van der Waals surface area contributed by atoms with Crippen molar-refractivity contribution in [3.05, 3.63) is 47.2 Å². The van der Waals surface area contributed by atoms with Gasteiger partial charge in [0.25, 0.3) is 5.91 Å². The summed E-state index contributed by atoms with van der Waals surface area (Å²) in [5, 5.41) is 9.53. The number of benzene rings is 1. The Labute approximate surface area is 121 Å². The maximum Gasteiger partial charge on any atom is 0.573 e. The van der Waals surface area contributed by atoms with E-state index in [1.165, 1.54) is 24.3 Å². The predicted octanol–water partition coefficient (Wildman–Crippen LogP) is 3.28. The molecule has 0 aliphatic heterocycles. The summed E-state index contributed by atoms with van der Waals surface area (Å²) >= 11 is 5.53. The molecule has 0 radical (unpaired) electrons. The Morgan fingerprint density at radius 1 is 1.19 bits per heavy atom. The Balaban J connectivity index is 2.10. The zero-order chi connectivity index (χ0) is 15.5. The number of hydrogen-bond acceptors (Lipinski definition) is 4. The first kappa shape index (κ1) is 15.0. The molecule has 1 aromatic heterocycles. The quantitative estimate of drug-likeness (QED) is 0.943. The molecule has 0 spiro atoms. The van der Waals surface area contributed by atoms with Crippen molar-refractivity contribution in [2.45, 2.75) is 6.36 Å². The Morgan fingerprint density at radius 2 is 1.95 bits per heavy atom. The van der Waals surface area contributed by atoms with Crippen LogP contribution in [0.2, 0.25) is 5.15 Å². The molecule has 0 saturated carbocycles. The zero-order valence-corrected chi connectivity index (χ0v) is 10.9. The smallest absolute Gasteiger partial charge is 0.406 e. The number of nitrogens with zero attached hydrogens (tertiary/aromatic N) is 2. The van der Waals surface area contributed by atoms with Gasteiger partial charge < -0.3 is 10.1 Å². The third kappa shape index (κ3) is 4.60. The lowest BCUT2D eigenvalue weighted by atomic mass is 10.3. The van der Waals surface area contributed by atoms with Gasteiger partial charge >= 0.3 is 6.36 Å².